The Labute approximate surface area is 118 Å². The number of nitrogens with one attached hydrogen (secondary N) is 1. The zero-order valence-corrected chi connectivity index (χ0v) is 12.3. The van der Waals surface area contributed by atoms with Gasteiger partial charge in [-0.25, -0.2) is 9.59 Å². The minimum Gasteiger partial charge on any atom is -0.479 e. The van der Waals surface area contributed by atoms with Crippen molar-refractivity contribution in [3.8, 4) is 0 Å². The van der Waals surface area contributed by atoms with Gasteiger partial charge in [0.15, 0.2) is 0 Å². The molecule has 1 aliphatic rings. The lowest BCUT2D eigenvalue weighted by Gasteiger charge is -2.36. The minimum absolute atomic E-state index is 0.0757. The summed E-state index contributed by atoms with van der Waals surface area (Å²) in [4.78, 5) is 38.0. The Morgan fingerprint density at radius 1 is 1.40 bits per heavy atom. The van der Waals surface area contributed by atoms with E-state index in [9.17, 15) is 19.5 Å². The fourth-order valence-electron chi connectivity index (χ4n) is 2.73. The first-order valence-electron chi connectivity index (χ1n) is 6.85. The van der Waals surface area contributed by atoms with Crippen LogP contribution in [0, 0.1) is 0 Å². The Morgan fingerprint density at radius 3 is 2.55 bits per heavy atom. The number of carboxylic acids is 1. The van der Waals surface area contributed by atoms with E-state index in [0.717, 1.165) is 0 Å². The summed E-state index contributed by atoms with van der Waals surface area (Å²) in [6.07, 6.45) is 2.26. The zero-order chi connectivity index (χ0) is 15.3. The molecule has 7 nitrogen and oxygen atoms in total. The summed E-state index contributed by atoms with van der Waals surface area (Å²) in [6, 6.07) is -0.401. The van der Waals surface area contributed by atoms with Crippen LogP contribution >= 0.6 is 0 Å². The van der Waals surface area contributed by atoms with Crippen LogP contribution in [0.25, 0.3) is 0 Å². The molecule has 0 spiro atoms. The molecular weight excluding hydrogens is 262 g/mol. The maximum Gasteiger partial charge on any atom is 0.329 e. The molecule has 1 atom stereocenters. The molecule has 1 aliphatic heterocycles. The molecule has 1 heterocycles. The molecule has 1 saturated heterocycles. The minimum atomic E-state index is -1.12. The van der Waals surface area contributed by atoms with Gasteiger partial charge in [-0.1, -0.05) is 13.3 Å². The number of carbonyl (C=O) groups excluding carboxylic acids is 2. The summed E-state index contributed by atoms with van der Waals surface area (Å²) < 4.78 is 0. The normalized spacial score (nSPS) is 21.6. The van der Waals surface area contributed by atoms with Gasteiger partial charge < -0.3 is 20.2 Å². The van der Waals surface area contributed by atoms with Gasteiger partial charge in [0, 0.05) is 20.6 Å². The van der Waals surface area contributed by atoms with Crippen LogP contribution in [0.4, 0.5) is 4.79 Å². The second kappa shape index (κ2) is 6.58. The Balaban J connectivity index is 2.89. The molecule has 0 aromatic rings. The molecule has 0 aromatic heterocycles. The number of amides is 3. The van der Waals surface area contributed by atoms with E-state index in [1.165, 1.54) is 23.9 Å². The van der Waals surface area contributed by atoms with Crippen molar-refractivity contribution in [2.24, 2.45) is 0 Å². The highest BCUT2D eigenvalue weighted by Gasteiger charge is 2.49. The first-order valence-corrected chi connectivity index (χ1v) is 6.85. The van der Waals surface area contributed by atoms with Crippen LogP contribution < -0.4 is 5.32 Å². The Hall–Kier alpha value is -1.79. The van der Waals surface area contributed by atoms with E-state index in [1.54, 1.807) is 0 Å². The lowest BCUT2D eigenvalue weighted by atomic mass is 9.91. The topological polar surface area (TPSA) is 90.0 Å². The summed E-state index contributed by atoms with van der Waals surface area (Å²) in [7, 11) is 3.00. The molecule has 2 N–H and O–H groups in total. The van der Waals surface area contributed by atoms with E-state index in [0.29, 0.717) is 32.2 Å². The molecule has 1 unspecified atom stereocenters. The van der Waals surface area contributed by atoms with Crippen molar-refractivity contribution in [2.75, 3.05) is 27.2 Å². The second-order valence-corrected chi connectivity index (χ2v) is 5.15. The van der Waals surface area contributed by atoms with Gasteiger partial charge in [0.25, 0.3) is 0 Å². The molecule has 20 heavy (non-hydrogen) atoms. The van der Waals surface area contributed by atoms with Crippen molar-refractivity contribution in [3.63, 3.8) is 0 Å². The van der Waals surface area contributed by atoms with Crippen molar-refractivity contribution in [1.29, 1.82) is 0 Å². The maximum atomic E-state index is 12.4. The molecule has 1 rings (SSSR count). The summed E-state index contributed by atoms with van der Waals surface area (Å²) >= 11 is 0. The van der Waals surface area contributed by atoms with Gasteiger partial charge in [0.05, 0.1) is 0 Å². The fourth-order valence-corrected chi connectivity index (χ4v) is 2.73. The molecule has 0 aliphatic carbocycles. The van der Waals surface area contributed by atoms with E-state index in [-0.39, 0.29) is 12.5 Å². The standard InChI is InChI=1S/C13H23N3O4/c1-4-6-13(11(18)19)7-5-8-16(13)12(20)15(3)9-10(17)14-2/h4-9H2,1-3H3,(H,14,17)(H,18,19). The van der Waals surface area contributed by atoms with Crippen LogP contribution in [0.1, 0.15) is 32.6 Å². The van der Waals surface area contributed by atoms with Crippen molar-refractivity contribution in [1.82, 2.24) is 15.1 Å². The van der Waals surface area contributed by atoms with Crippen LogP contribution in [0.2, 0.25) is 0 Å². The van der Waals surface area contributed by atoms with Gasteiger partial charge >= 0.3 is 12.0 Å². The van der Waals surface area contributed by atoms with Crippen LogP contribution in [0.3, 0.4) is 0 Å². The molecular formula is C13H23N3O4. The number of nitrogens with zero attached hydrogens (tertiary/aromatic N) is 2. The van der Waals surface area contributed by atoms with Gasteiger partial charge in [-0.05, 0) is 19.3 Å². The molecule has 0 aromatic carbocycles. The van der Waals surface area contributed by atoms with Crippen molar-refractivity contribution >= 4 is 17.9 Å². The van der Waals surface area contributed by atoms with E-state index in [2.05, 4.69) is 5.32 Å². The van der Waals surface area contributed by atoms with Gasteiger partial charge in [-0.15, -0.1) is 0 Å². The predicted molar refractivity (Wildman–Crippen MR) is 73.3 cm³/mol. The van der Waals surface area contributed by atoms with Crippen molar-refractivity contribution in [2.45, 2.75) is 38.1 Å². The molecule has 7 heteroatoms. The third-order valence-corrected chi connectivity index (χ3v) is 3.77. The lowest BCUT2D eigenvalue weighted by molar-refractivity contribution is -0.148. The largest absolute Gasteiger partial charge is 0.479 e. The third kappa shape index (κ3) is 3.02. The number of rotatable bonds is 5. The van der Waals surface area contributed by atoms with Crippen LogP contribution in [-0.2, 0) is 9.59 Å². The van der Waals surface area contributed by atoms with Crippen molar-refractivity contribution in [3.05, 3.63) is 0 Å². The second-order valence-electron chi connectivity index (χ2n) is 5.15. The highest BCUT2D eigenvalue weighted by Crippen LogP contribution is 2.34. The number of hydrogen-bond donors (Lipinski definition) is 2. The van der Waals surface area contributed by atoms with E-state index in [4.69, 9.17) is 0 Å². The van der Waals surface area contributed by atoms with E-state index in [1.807, 2.05) is 6.92 Å². The summed E-state index contributed by atoms with van der Waals surface area (Å²) in [5.74, 6) is -1.24. The Morgan fingerprint density at radius 2 is 2.05 bits per heavy atom. The number of aliphatic carboxylic acids is 1. The van der Waals surface area contributed by atoms with Crippen LogP contribution in [0.15, 0.2) is 0 Å². The number of hydrogen-bond acceptors (Lipinski definition) is 3. The first-order chi connectivity index (χ1) is 9.39. The smallest absolute Gasteiger partial charge is 0.329 e. The van der Waals surface area contributed by atoms with Crippen LogP contribution in [0.5, 0.6) is 0 Å². The number of likely N-dealkylation sites (tertiary alicyclic amines) is 1. The predicted octanol–water partition coefficient (Wildman–Crippen LogP) is 0.504. The molecule has 0 radical (unpaired) electrons. The number of likely N-dealkylation sites (N-methyl/N-ethyl adjacent to an activating group) is 2. The van der Waals surface area contributed by atoms with E-state index < -0.39 is 17.5 Å². The molecule has 0 bridgehead atoms. The first kappa shape index (κ1) is 16.3. The van der Waals surface area contributed by atoms with Gasteiger partial charge in [0.2, 0.25) is 5.91 Å². The molecule has 114 valence electrons. The van der Waals surface area contributed by atoms with E-state index >= 15 is 0 Å². The summed E-state index contributed by atoms with van der Waals surface area (Å²) in [5, 5.41) is 12.0. The highest BCUT2D eigenvalue weighted by atomic mass is 16.4. The Kier molecular flexibility index (Phi) is 5.35. The zero-order valence-electron chi connectivity index (χ0n) is 12.3. The van der Waals surface area contributed by atoms with Crippen molar-refractivity contribution < 1.29 is 19.5 Å². The molecule has 3 amide bonds. The molecule has 1 fully saturated rings. The van der Waals surface area contributed by atoms with Gasteiger partial charge in [-0.3, -0.25) is 4.79 Å². The average Bonchev–Trinajstić information content (AvgIpc) is 2.83. The summed E-state index contributed by atoms with van der Waals surface area (Å²) in [6.45, 7) is 2.25. The average molecular weight is 285 g/mol. The third-order valence-electron chi connectivity index (χ3n) is 3.77. The van der Waals surface area contributed by atoms with Gasteiger partial charge in [0.1, 0.15) is 12.1 Å². The highest BCUT2D eigenvalue weighted by molar-refractivity contribution is 5.89. The number of urea groups is 1. The molecule has 0 saturated carbocycles. The lowest BCUT2D eigenvalue weighted by Crippen LogP contribution is -2.57. The Bertz CT molecular complexity index is 399. The quantitative estimate of drug-likeness (QED) is 0.770. The maximum absolute atomic E-state index is 12.4. The summed E-state index contributed by atoms with van der Waals surface area (Å²) in [5.41, 5.74) is -1.12. The van der Waals surface area contributed by atoms with Crippen LogP contribution in [-0.4, -0.2) is 65.5 Å². The monoisotopic (exact) mass is 285 g/mol. The number of carbonyl (C=O) groups is 3. The fraction of sp³-hybridized carbons (Fsp3) is 0.769. The SMILES string of the molecule is CCCC1(C(=O)O)CCCN1C(=O)N(C)CC(=O)NC. The number of carboxylic acid groups (broad SMARTS) is 1. The van der Waals surface area contributed by atoms with Gasteiger partial charge in [-0.2, -0.15) is 0 Å².